The number of nitrogens with one attached hydrogen (secondary N) is 2. The average Bonchev–Trinajstić information content (AvgIpc) is 2.29. The molecule has 2 unspecified atom stereocenters. The number of hydrogen-bond donors (Lipinski definition) is 2. The minimum Gasteiger partial charge on any atom is -0.368 e. The van der Waals surface area contributed by atoms with Crippen molar-refractivity contribution < 1.29 is 4.21 Å². The first-order chi connectivity index (χ1) is 8.04. The Morgan fingerprint density at radius 1 is 1.47 bits per heavy atom. The first-order valence-electron chi connectivity index (χ1n) is 5.68. The van der Waals surface area contributed by atoms with E-state index in [1.807, 2.05) is 20.8 Å². The lowest BCUT2D eigenvalue weighted by Gasteiger charge is -2.13. The number of aryl methyl sites for hydroxylation is 1. The number of aromatic nitrogens is 2. The predicted molar refractivity (Wildman–Crippen MR) is 73.0 cm³/mol. The number of anilines is 2. The summed E-state index contributed by atoms with van der Waals surface area (Å²) in [6.07, 6.45) is 3.49. The molecule has 1 heterocycles. The second-order valence-electron chi connectivity index (χ2n) is 3.95. The molecule has 0 fully saturated rings. The van der Waals surface area contributed by atoms with Gasteiger partial charge in [0.15, 0.2) is 0 Å². The summed E-state index contributed by atoms with van der Waals surface area (Å²) < 4.78 is 11.2. The Morgan fingerprint density at radius 2 is 2.18 bits per heavy atom. The molecule has 96 valence electrons. The monoisotopic (exact) mass is 256 g/mol. The fraction of sp³-hybridized carbons (Fsp3) is 0.636. The molecule has 2 atom stereocenters. The van der Waals surface area contributed by atoms with Gasteiger partial charge in [-0.25, -0.2) is 4.98 Å². The van der Waals surface area contributed by atoms with Crippen LogP contribution >= 0.6 is 0 Å². The van der Waals surface area contributed by atoms with Crippen LogP contribution in [0.3, 0.4) is 0 Å². The highest BCUT2D eigenvalue weighted by Gasteiger charge is 2.08. The summed E-state index contributed by atoms with van der Waals surface area (Å²) in [4.78, 5) is 8.53. The summed E-state index contributed by atoms with van der Waals surface area (Å²) in [5.74, 6) is 1.42. The average molecular weight is 256 g/mol. The van der Waals surface area contributed by atoms with Gasteiger partial charge in [0.05, 0.1) is 0 Å². The van der Waals surface area contributed by atoms with Crippen LogP contribution in [-0.4, -0.2) is 38.8 Å². The topological polar surface area (TPSA) is 66.9 Å². The van der Waals surface area contributed by atoms with Crippen molar-refractivity contribution in [2.75, 3.05) is 30.0 Å². The zero-order chi connectivity index (χ0) is 12.8. The van der Waals surface area contributed by atoms with Gasteiger partial charge < -0.3 is 10.6 Å². The van der Waals surface area contributed by atoms with Crippen molar-refractivity contribution in [1.82, 2.24) is 9.97 Å². The van der Waals surface area contributed by atoms with Gasteiger partial charge in [-0.15, -0.1) is 0 Å². The molecule has 0 bridgehead atoms. The van der Waals surface area contributed by atoms with E-state index in [2.05, 4.69) is 20.6 Å². The molecule has 1 aromatic heterocycles. The summed E-state index contributed by atoms with van der Waals surface area (Å²) in [6.45, 7) is 7.33. The summed E-state index contributed by atoms with van der Waals surface area (Å²) in [5.41, 5.74) is 0.987. The lowest BCUT2D eigenvalue weighted by molar-refractivity contribution is 0.678. The molecular formula is C11H20N4OS. The third-order valence-corrected chi connectivity index (χ3v) is 3.73. The predicted octanol–water partition coefficient (Wildman–Crippen LogP) is 1.40. The quantitative estimate of drug-likeness (QED) is 0.805. The van der Waals surface area contributed by atoms with Crippen molar-refractivity contribution >= 4 is 22.6 Å². The third-order valence-electron chi connectivity index (χ3n) is 2.43. The summed E-state index contributed by atoms with van der Waals surface area (Å²) in [6, 6.07) is 0. The van der Waals surface area contributed by atoms with Gasteiger partial charge in [0.1, 0.15) is 5.82 Å². The highest BCUT2D eigenvalue weighted by Crippen LogP contribution is 2.12. The van der Waals surface area contributed by atoms with E-state index in [9.17, 15) is 4.21 Å². The molecule has 1 rings (SSSR count). The van der Waals surface area contributed by atoms with Crippen LogP contribution in [0.2, 0.25) is 0 Å². The maximum Gasteiger partial charge on any atom is 0.224 e. The summed E-state index contributed by atoms with van der Waals surface area (Å²) in [5, 5.41) is 6.38. The summed E-state index contributed by atoms with van der Waals surface area (Å²) >= 11 is 0. The molecule has 2 N–H and O–H groups in total. The van der Waals surface area contributed by atoms with Gasteiger partial charge in [-0.05, 0) is 20.8 Å². The molecule has 0 spiro atoms. The maximum absolute atomic E-state index is 11.2. The van der Waals surface area contributed by atoms with Crippen LogP contribution in [0.5, 0.6) is 0 Å². The Hall–Kier alpha value is -1.17. The third kappa shape index (κ3) is 4.30. The van der Waals surface area contributed by atoms with Crippen LogP contribution in [0, 0.1) is 6.92 Å². The van der Waals surface area contributed by atoms with Crippen LogP contribution in [0.4, 0.5) is 11.8 Å². The van der Waals surface area contributed by atoms with Crippen molar-refractivity contribution in [2.24, 2.45) is 0 Å². The van der Waals surface area contributed by atoms with E-state index in [0.717, 1.165) is 17.9 Å². The van der Waals surface area contributed by atoms with Crippen LogP contribution in [-0.2, 0) is 10.8 Å². The molecule has 0 amide bonds. The summed E-state index contributed by atoms with van der Waals surface area (Å²) in [7, 11) is -0.821. The standard InChI is InChI=1S/C11H20N4OS/c1-5-12-11-14-6-8(2)10(15-11)13-7-9(3)17(4)16/h6,9H,5,7H2,1-4H3,(H2,12,13,14,15). The molecule has 17 heavy (non-hydrogen) atoms. The Morgan fingerprint density at radius 3 is 2.76 bits per heavy atom. The SMILES string of the molecule is CCNc1ncc(C)c(NCC(C)S(C)=O)n1. The van der Waals surface area contributed by atoms with Crippen molar-refractivity contribution in [3.8, 4) is 0 Å². The fourth-order valence-electron chi connectivity index (χ4n) is 1.22. The highest BCUT2D eigenvalue weighted by molar-refractivity contribution is 7.84. The molecule has 6 heteroatoms. The molecule has 0 aliphatic rings. The largest absolute Gasteiger partial charge is 0.368 e. The fourth-order valence-corrected chi connectivity index (χ4v) is 1.54. The van der Waals surface area contributed by atoms with E-state index in [1.165, 1.54) is 0 Å². The van der Waals surface area contributed by atoms with Crippen LogP contribution < -0.4 is 10.6 Å². The van der Waals surface area contributed by atoms with Crippen LogP contribution in [0.25, 0.3) is 0 Å². The van der Waals surface area contributed by atoms with Gasteiger partial charge >= 0.3 is 0 Å². The Labute approximate surface area is 105 Å². The minimum absolute atomic E-state index is 0.104. The molecular weight excluding hydrogens is 236 g/mol. The van der Waals surface area contributed by atoms with E-state index >= 15 is 0 Å². The van der Waals surface area contributed by atoms with Gasteiger partial charge in [-0.1, -0.05) is 0 Å². The van der Waals surface area contributed by atoms with E-state index in [-0.39, 0.29) is 5.25 Å². The molecule has 0 aromatic carbocycles. The second-order valence-corrected chi connectivity index (χ2v) is 5.75. The second kappa shape index (κ2) is 6.54. The molecule has 0 aliphatic heterocycles. The van der Waals surface area contributed by atoms with Gasteiger partial charge in [0, 0.05) is 47.2 Å². The molecule has 1 aromatic rings. The zero-order valence-corrected chi connectivity index (χ0v) is 11.6. The minimum atomic E-state index is -0.821. The lowest BCUT2D eigenvalue weighted by Crippen LogP contribution is -2.21. The Kier molecular flexibility index (Phi) is 5.34. The first kappa shape index (κ1) is 13.9. The van der Waals surface area contributed by atoms with Gasteiger partial charge in [0.25, 0.3) is 0 Å². The lowest BCUT2D eigenvalue weighted by atomic mass is 10.3. The highest BCUT2D eigenvalue weighted by atomic mass is 32.2. The Bertz CT molecular complexity index is 397. The molecule has 0 radical (unpaired) electrons. The maximum atomic E-state index is 11.2. The molecule has 0 aliphatic carbocycles. The van der Waals surface area contributed by atoms with Crippen molar-refractivity contribution in [3.63, 3.8) is 0 Å². The van der Waals surface area contributed by atoms with Crippen molar-refractivity contribution in [1.29, 1.82) is 0 Å². The molecule has 0 saturated heterocycles. The number of rotatable bonds is 6. The van der Waals surface area contributed by atoms with Crippen LogP contribution in [0.15, 0.2) is 6.20 Å². The van der Waals surface area contributed by atoms with Crippen molar-refractivity contribution in [2.45, 2.75) is 26.0 Å². The normalized spacial score (nSPS) is 14.1. The zero-order valence-electron chi connectivity index (χ0n) is 10.8. The molecule has 0 saturated carbocycles. The van der Waals surface area contributed by atoms with E-state index in [0.29, 0.717) is 12.5 Å². The van der Waals surface area contributed by atoms with E-state index < -0.39 is 10.8 Å². The van der Waals surface area contributed by atoms with E-state index in [4.69, 9.17) is 0 Å². The number of hydrogen-bond acceptors (Lipinski definition) is 5. The van der Waals surface area contributed by atoms with Gasteiger partial charge in [-0.2, -0.15) is 4.98 Å². The molecule has 5 nitrogen and oxygen atoms in total. The van der Waals surface area contributed by atoms with Gasteiger partial charge in [0.2, 0.25) is 5.95 Å². The van der Waals surface area contributed by atoms with Crippen LogP contribution in [0.1, 0.15) is 19.4 Å². The van der Waals surface area contributed by atoms with Crippen molar-refractivity contribution in [3.05, 3.63) is 11.8 Å². The Balaban J connectivity index is 2.69. The number of nitrogens with zero attached hydrogens (tertiary/aromatic N) is 2. The van der Waals surface area contributed by atoms with Gasteiger partial charge in [-0.3, -0.25) is 4.21 Å². The first-order valence-corrected chi connectivity index (χ1v) is 7.30. The smallest absolute Gasteiger partial charge is 0.224 e. The van der Waals surface area contributed by atoms with E-state index in [1.54, 1.807) is 12.5 Å².